The maximum Gasteiger partial charge on any atom is 0.00683 e. The van der Waals surface area contributed by atoms with Gasteiger partial charge < -0.3 is 5.32 Å². The maximum atomic E-state index is 3.64. The monoisotopic (exact) mass is 243 g/mol. The fourth-order valence-corrected chi connectivity index (χ4v) is 2.85. The summed E-state index contributed by atoms with van der Waals surface area (Å²) in [5, 5.41) is 3.64. The highest BCUT2D eigenvalue weighted by atomic mass is 14.9. The van der Waals surface area contributed by atoms with Crippen molar-refractivity contribution in [3.8, 4) is 0 Å². The van der Waals surface area contributed by atoms with E-state index >= 15 is 0 Å². The molecule has 2 fully saturated rings. The van der Waals surface area contributed by atoms with Crippen LogP contribution in [0.25, 0.3) is 0 Å². The quantitative estimate of drug-likeness (QED) is 0.799. The molecule has 0 heterocycles. The fraction of sp³-hybridized carbons (Fsp3) is 0.647. The van der Waals surface area contributed by atoms with E-state index in [1.807, 2.05) is 0 Å². The molecule has 0 aromatic heterocycles. The molecule has 0 aliphatic heterocycles. The number of rotatable bonds is 6. The largest absolute Gasteiger partial charge is 0.314 e. The Labute approximate surface area is 111 Å². The molecule has 98 valence electrons. The van der Waals surface area contributed by atoms with E-state index in [4.69, 9.17) is 0 Å². The minimum Gasteiger partial charge on any atom is -0.314 e. The van der Waals surface area contributed by atoms with Crippen LogP contribution in [-0.4, -0.2) is 12.6 Å². The minimum atomic E-state index is 0.752. The van der Waals surface area contributed by atoms with E-state index in [0.29, 0.717) is 0 Å². The first-order valence-electron chi connectivity index (χ1n) is 7.63. The molecule has 1 unspecified atom stereocenters. The summed E-state index contributed by atoms with van der Waals surface area (Å²) in [6.45, 7) is 3.55. The molecule has 0 bridgehead atoms. The average Bonchev–Trinajstić information content (AvgIpc) is 3.08. The summed E-state index contributed by atoms with van der Waals surface area (Å²) in [5.41, 5.74) is 3.12. The number of nitrogens with one attached hydrogen (secondary N) is 1. The normalized spacial score (nSPS) is 21.6. The lowest BCUT2D eigenvalue weighted by Crippen LogP contribution is -2.24. The Hall–Kier alpha value is -0.820. The number of benzene rings is 1. The number of hydrogen-bond acceptors (Lipinski definition) is 1. The summed E-state index contributed by atoms with van der Waals surface area (Å²) in [7, 11) is 0. The third-order valence-corrected chi connectivity index (χ3v) is 4.44. The molecule has 0 radical (unpaired) electrons. The van der Waals surface area contributed by atoms with Crippen molar-refractivity contribution >= 4 is 0 Å². The smallest absolute Gasteiger partial charge is 0.00683 e. The Morgan fingerprint density at radius 3 is 2.72 bits per heavy atom. The highest BCUT2D eigenvalue weighted by molar-refractivity contribution is 5.28. The SMILES string of the molecule is CC(CNC1CC1)Cc1cccc(C2CCC2)c1. The summed E-state index contributed by atoms with van der Waals surface area (Å²) >= 11 is 0. The molecule has 1 aromatic rings. The van der Waals surface area contributed by atoms with Crippen LogP contribution in [0.3, 0.4) is 0 Å². The lowest BCUT2D eigenvalue weighted by molar-refractivity contribution is 0.419. The Bertz CT molecular complexity index is 390. The highest BCUT2D eigenvalue weighted by Gasteiger charge is 2.21. The standard InChI is InChI=1S/C17H25N/c1-13(12-18-17-8-9-17)10-14-4-2-7-16(11-14)15-5-3-6-15/h2,4,7,11,13,15,17-18H,3,5-6,8-10,12H2,1H3. The zero-order chi connectivity index (χ0) is 12.4. The predicted molar refractivity (Wildman–Crippen MR) is 76.9 cm³/mol. The molecule has 1 heteroatoms. The van der Waals surface area contributed by atoms with Crippen LogP contribution in [0.5, 0.6) is 0 Å². The summed E-state index contributed by atoms with van der Waals surface area (Å²) in [6.07, 6.45) is 8.25. The third-order valence-electron chi connectivity index (χ3n) is 4.44. The zero-order valence-electron chi connectivity index (χ0n) is 11.5. The van der Waals surface area contributed by atoms with Gasteiger partial charge in [-0.05, 0) is 61.6 Å². The van der Waals surface area contributed by atoms with Crippen LogP contribution in [0.2, 0.25) is 0 Å². The number of hydrogen-bond donors (Lipinski definition) is 1. The first-order chi connectivity index (χ1) is 8.81. The Kier molecular flexibility index (Phi) is 3.69. The van der Waals surface area contributed by atoms with Crippen molar-refractivity contribution in [2.24, 2.45) is 5.92 Å². The molecule has 1 aromatic carbocycles. The van der Waals surface area contributed by atoms with Gasteiger partial charge in [-0.3, -0.25) is 0 Å². The lowest BCUT2D eigenvalue weighted by atomic mass is 9.79. The zero-order valence-corrected chi connectivity index (χ0v) is 11.5. The highest BCUT2D eigenvalue weighted by Crippen LogP contribution is 2.36. The van der Waals surface area contributed by atoms with Crippen molar-refractivity contribution in [2.45, 2.75) is 57.4 Å². The van der Waals surface area contributed by atoms with Crippen molar-refractivity contribution < 1.29 is 0 Å². The van der Waals surface area contributed by atoms with Crippen LogP contribution < -0.4 is 5.32 Å². The van der Waals surface area contributed by atoms with Crippen LogP contribution in [0.4, 0.5) is 0 Å². The maximum absolute atomic E-state index is 3.64. The first kappa shape index (κ1) is 12.2. The first-order valence-corrected chi connectivity index (χ1v) is 7.63. The van der Waals surface area contributed by atoms with Gasteiger partial charge in [-0.15, -0.1) is 0 Å². The van der Waals surface area contributed by atoms with Crippen LogP contribution in [0.1, 0.15) is 56.1 Å². The molecule has 2 aliphatic carbocycles. The van der Waals surface area contributed by atoms with Gasteiger partial charge in [0, 0.05) is 6.04 Å². The molecule has 0 amide bonds. The minimum absolute atomic E-state index is 0.752. The van der Waals surface area contributed by atoms with Crippen molar-refractivity contribution in [3.63, 3.8) is 0 Å². The van der Waals surface area contributed by atoms with Crippen molar-refractivity contribution in [3.05, 3.63) is 35.4 Å². The summed E-state index contributed by atoms with van der Waals surface area (Å²) < 4.78 is 0. The second kappa shape index (κ2) is 5.44. The molecule has 1 N–H and O–H groups in total. The van der Waals surface area contributed by atoms with Gasteiger partial charge >= 0.3 is 0 Å². The van der Waals surface area contributed by atoms with Crippen molar-refractivity contribution in [1.82, 2.24) is 5.32 Å². The van der Waals surface area contributed by atoms with E-state index in [-0.39, 0.29) is 0 Å². The van der Waals surface area contributed by atoms with Gasteiger partial charge in [0.1, 0.15) is 0 Å². The fourth-order valence-electron chi connectivity index (χ4n) is 2.85. The van der Waals surface area contributed by atoms with E-state index in [1.54, 1.807) is 5.56 Å². The average molecular weight is 243 g/mol. The van der Waals surface area contributed by atoms with E-state index in [2.05, 4.69) is 36.5 Å². The molecule has 3 rings (SSSR count). The molecular formula is C17H25N. The van der Waals surface area contributed by atoms with E-state index < -0.39 is 0 Å². The van der Waals surface area contributed by atoms with Gasteiger partial charge in [0.05, 0.1) is 0 Å². The van der Waals surface area contributed by atoms with Gasteiger partial charge in [0.2, 0.25) is 0 Å². The summed E-state index contributed by atoms with van der Waals surface area (Å²) in [4.78, 5) is 0. The van der Waals surface area contributed by atoms with Crippen molar-refractivity contribution in [2.75, 3.05) is 6.54 Å². The van der Waals surface area contributed by atoms with Gasteiger partial charge in [-0.1, -0.05) is 37.6 Å². The summed E-state index contributed by atoms with van der Waals surface area (Å²) in [6, 6.07) is 10.2. The van der Waals surface area contributed by atoms with Crippen LogP contribution in [0.15, 0.2) is 24.3 Å². The van der Waals surface area contributed by atoms with Gasteiger partial charge in [-0.25, -0.2) is 0 Å². The Balaban J connectivity index is 1.53. The second-order valence-corrected chi connectivity index (χ2v) is 6.36. The lowest BCUT2D eigenvalue weighted by Gasteiger charge is -2.26. The molecule has 18 heavy (non-hydrogen) atoms. The molecular weight excluding hydrogens is 218 g/mol. The molecule has 0 saturated heterocycles. The van der Waals surface area contributed by atoms with Crippen LogP contribution in [0, 0.1) is 5.92 Å². The molecule has 1 nitrogen and oxygen atoms in total. The third kappa shape index (κ3) is 3.14. The van der Waals surface area contributed by atoms with E-state index in [9.17, 15) is 0 Å². The summed E-state index contributed by atoms with van der Waals surface area (Å²) in [5.74, 6) is 1.62. The van der Waals surface area contributed by atoms with Gasteiger partial charge in [0.25, 0.3) is 0 Å². The van der Waals surface area contributed by atoms with Gasteiger partial charge in [-0.2, -0.15) is 0 Å². The topological polar surface area (TPSA) is 12.0 Å². The van der Waals surface area contributed by atoms with Crippen LogP contribution in [-0.2, 0) is 6.42 Å². The van der Waals surface area contributed by atoms with Crippen LogP contribution >= 0.6 is 0 Å². The van der Waals surface area contributed by atoms with Crippen molar-refractivity contribution in [1.29, 1.82) is 0 Å². The molecule has 2 aliphatic rings. The molecule has 1 atom stereocenters. The second-order valence-electron chi connectivity index (χ2n) is 6.36. The Morgan fingerprint density at radius 1 is 1.22 bits per heavy atom. The van der Waals surface area contributed by atoms with Gasteiger partial charge in [0.15, 0.2) is 0 Å². The van der Waals surface area contributed by atoms with E-state index in [0.717, 1.165) is 17.9 Å². The van der Waals surface area contributed by atoms with E-state index in [1.165, 1.54) is 50.6 Å². The predicted octanol–water partition coefficient (Wildman–Crippen LogP) is 3.88. The molecule has 2 saturated carbocycles. The molecule has 0 spiro atoms. The Morgan fingerprint density at radius 2 is 2.06 bits per heavy atom.